The van der Waals surface area contributed by atoms with Crippen LogP contribution in [0, 0.1) is 0 Å². The van der Waals surface area contributed by atoms with Crippen LogP contribution in [0.15, 0.2) is 48.5 Å². The number of ketones is 1. The molecule has 1 atom stereocenters. The fraction of sp³-hybridized carbons (Fsp3) is 0.211. The van der Waals surface area contributed by atoms with Gasteiger partial charge in [0, 0.05) is 11.1 Å². The minimum absolute atomic E-state index is 0.285. The molecule has 0 fully saturated rings. The van der Waals surface area contributed by atoms with Gasteiger partial charge in [-0.3, -0.25) is 19.3 Å². The number of Topliss-reactive ketones (excluding diaryl/α,β-unsaturated/α-hetero) is 1. The highest BCUT2D eigenvalue weighted by molar-refractivity contribution is 6.12. The van der Waals surface area contributed by atoms with Gasteiger partial charge in [0.2, 0.25) is 5.91 Å². The van der Waals surface area contributed by atoms with Crippen LogP contribution in [0.3, 0.4) is 0 Å². The van der Waals surface area contributed by atoms with E-state index in [4.69, 9.17) is 10.5 Å². The van der Waals surface area contributed by atoms with Crippen molar-refractivity contribution in [2.24, 2.45) is 5.73 Å². The van der Waals surface area contributed by atoms with E-state index in [9.17, 15) is 19.5 Å². The molecule has 0 aromatic heterocycles. The number of benzene rings is 2. The Morgan fingerprint density at radius 3 is 2.42 bits per heavy atom. The van der Waals surface area contributed by atoms with Crippen molar-refractivity contribution < 1.29 is 24.2 Å². The van der Waals surface area contributed by atoms with Crippen molar-refractivity contribution in [3.8, 4) is 5.75 Å². The molecule has 0 spiro atoms. The van der Waals surface area contributed by atoms with E-state index in [1.807, 2.05) is 0 Å². The quantitative estimate of drug-likeness (QED) is 0.752. The van der Waals surface area contributed by atoms with E-state index < -0.39 is 29.6 Å². The van der Waals surface area contributed by atoms with Gasteiger partial charge in [-0.1, -0.05) is 18.2 Å². The molecule has 1 aliphatic heterocycles. The Balaban J connectivity index is 1.93. The van der Waals surface area contributed by atoms with Crippen LogP contribution in [-0.4, -0.2) is 36.4 Å². The fourth-order valence-corrected chi connectivity index (χ4v) is 3.10. The van der Waals surface area contributed by atoms with Crippen LogP contribution in [0.25, 0.3) is 0 Å². The Hall–Kier alpha value is -3.19. The van der Waals surface area contributed by atoms with Gasteiger partial charge < -0.3 is 15.6 Å². The third-order valence-corrected chi connectivity index (χ3v) is 4.38. The molecule has 7 nitrogen and oxygen atoms in total. The lowest BCUT2D eigenvalue weighted by atomic mass is 9.88. The number of anilines is 1. The first-order valence-electron chi connectivity index (χ1n) is 7.96. The Morgan fingerprint density at radius 2 is 1.81 bits per heavy atom. The zero-order valence-corrected chi connectivity index (χ0v) is 14.1. The minimum Gasteiger partial charge on any atom is -0.497 e. The molecule has 3 N–H and O–H groups in total. The van der Waals surface area contributed by atoms with E-state index in [0.29, 0.717) is 17.0 Å². The summed E-state index contributed by atoms with van der Waals surface area (Å²) in [5.74, 6) is -1.26. The number of nitrogens with two attached hydrogens (primary N) is 1. The first-order valence-corrected chi connectivity index (χ1v) is 7.96. The largest absolute Gasteiger partial charge is 0.497 e. The second-order valence-corrected chi connectivity index (χ2v) is 6.06. The number of methoxy groups -OCH3 is 1. The van der Waals surface area contributed by atoms with E-state index in [0.717, 1.165) is 4.90 Å². The highest BCUT2D eigenvalue weighted by Crippen LogP contribution is 2.42. The lowest BCUT2D eigenvalue weighted by Crippen LogP contribution is -2.44. The summed E-state index contributed by atoms with van der Waals surface area (Å²) in [6, 6.07) is 12.9. The SMILES string of the molecule is COc1ccc(C(=O)C[C@@]2(O)C(=O)N(CC(N)=O)c3ccccc32)cc1. The number of hydrogen-bond donors (Lipinski definition) is 2. The van der Waals surface area contributed by atoms with Gasteiger partial charge >= 0.3 is 0 Å². The molecule has 0 radical (unpaired) electrons. The summed E-state index contributed by atoms with van der Waals surface area (Å²) in [4.78, 5) is 37.8. The lowest BCUT2D eigenvalue weighted by Gasteiger charge is -2.22. The number of hydrogen-bond acceptors (Lipinski definition) is 5. The van der Waals surface area contributed by atoms with Crippen LogP contribution in [0.1, 0.15) is 22.3 Å². The summed E-state index contributed by atoms with van der Waals surface area (Å²) in [5, 5.41) is 11.0. The summed E-state index contributed by atoms with van der Waals surface area (Å²) >= 11 is 0. The van der Waals surface area contributed by atoms with E-state index in [2.05, 4.69) is 0 Å². The van der Waals surface area contributed by atoms with Gasteiger partial charge in [0.05, 0.1) is 19.2 Å². The standard InChI is InChI=1S/C19H18N2O5/c1-26-13-8-6-12(7-9-13)16(22)10-19(25)14-4-2-3-5-15(14)21(18(19)24)11-17(20)23/h2-9,25H,10-11H2,1H3,(H2,20,23)/t19-/m0/s1. The maximum atomic E-state index is 12.8. The molecule has 2 aromatic carbocycles. The number of fused-ring (bicyclic) bond motifs is 1. The maximum Gasteiger partial charge on any atom is 0.264 e. The third-order valence-electron chi connectivity index (χ3n) is 4.38. The molecule has 0 aliphatic carbocycles. The van der Waals surface area contributed by atoms with E-state index in [1.54, 1.807) is 48.5 Å². The summed E-state index contributed by atoms with van der Waals surface area (Å²) in [6.07, 6.45) is -0.440. The van der Waals surface area contributed by atoms with Gasteiger partial charge in [-0.25, -0.2) is 0 Å². The zero-order valence-electron chi connectivity index (χ0n) is 14.1. The minimum atomic E-state index is -2.04. The van der Waals surface area contributed by atoms with Gasteiger partial charge in [-0.2, -0.15) is 0 Å². The van der Waals surface area contributed by atoms with Crippen LogP contribution < -0.4 is 15.4 Å². The summed E-state index contributed by atoms with van der Waals surface area (Å²) in [5.41, 5.74) is 4.17. The van der Waals surface area contributed by atoms with E-state index in [-0.39, 0.29) is 12.1 Å². The smallest absolute Gasteiger partial charge is 0.264 e. The number of carbonyl (C=O) groups is 3. The number of amides is 2. The molecule has 0 saturated carbocycles. The molecule has 0 bridgehead atoms. The fourth-order valence-electron chi connectivity index (χ4n) is 3.10. The Labute approximate surface area is 150 Å². The molecular formula is C19H18N2O5. The third kappa shape index (κ3) is 2.93. The molecule has 2 aromatic rings. The summed E-state index contributed by atoms with van der Waals surface area (Å²) in [7, 11) is 1.51. The number of nitrogens with zero attached hydrogens (tertiary/aromatic N) is 1. The number of ether oxygens (including phenoxy) is 1. The van der Waals surface area contributed by atoms with Crippen molar-refractivity contribution in [3.63, 3.8) is 0 Å². The molecule has 0 unspecified atom stereocenters. The monoisotopic (exact) mass is 354 g/mol. The Kier molecular flexibility index (Phi) is 4.48. The van der Waals surface area contributed by atoms with Crippen molar-refractivity contribution in [1.82, 2.24) is 0 Å². The first kappa shape index (κ1) is 17.6. The molecule has 134 valence electrons. The topological polar surface area (TPSA) is 110 Å². The zero-order chi connectivity index (χ0) is 18.9. The first-order chi connectivity index (χ1) is 12.4. The highest BCUT2D eigenvalue weighted by Gasteiger charge is 2.51. The molecule has 2 amide bonds. The lowest BCUT2D eigenvalue weighted by molar-refractivity contribution is -0.136. The van der Waals surface area contributed by atoms with Gasteiger partial charge in [0.15, 0.2) is 11.4 Å². The maximum absolute atomic E-state index is 12.8. The average molecular weight is 354 g/mol. The number of para-hydroxylation sites is 1. The van der Waals surface area contributed by atoms with Crippen LogP contribution in [0.2, 0.25) is 0 Å². The van der Waals surface area contributed by atoms with Crippen LogP contribution >= 0.6 is 0 Å². The molecule has 1 heterocycles. The molecule has 26 heavy (non-hydrogen) atoms. The van der Waals surface area contributed by atoms with Crippen molar-refractivity contribution in [2.75, 3.05) is 18.6 Å². The van der Waals surface area contributed by atoms with Crippen LogP contribution in [0.5, 0.6) is 5.75 Å². The van der Waals surface area contributed by atoms with E-state index >= 15 is 0 Å². The van der Waals surface area contributed by atoms with Crippen molar-refractivity contribution in [3.05, 3.63) is 59.7 Å². The molecular weight excluding hydrogens is 336 g/mol. The second-order valence-electron chi connectivity index (χ2n) is 6.06. The summed E-state index contributed by atoms with van der Waals surface area (Å²) in [6.45, 7) is -0.366. The molecule has 7 heteroatoms. The van der Waals surface area contributed by atoms with Gasteiger partial charge in [0.1, 0.15) is 12.3 Å². The molecule has 3 rings (SSSR count). The normalized spacial score (nSPS) is 18.5. The van der Waals surface area contributed by atoms with Crippen LogP contribution in [-0.2, 0) is 15.2 Å². The van der Waals surface area contributed by atoms with Gasteiger partial charge in [-0.05, 0) is 30.3 Å². The predicted molar refractivity (Wildman–Crippen MR) is 93.8 cm³/mol. The predicted octanol–water partition coefficient (Wildman–Crippen LogP) is 0.988. The molecule has 0 saturated heterocycles. The number of carbonyl (C=O) groups excluding carboxylic acids is 3. The van der Waals surface area contributed by atoms with E-state index in [1.165, 1.54) is 7.11 Å². The van der Waals surface area contributed by atoms with Gasteiger partial charge in [-0.15, -0.1) is 0 Å². The van der Waals surface area contributed by atoms with Crippen molar-refractivity contribution in [2.45, 2.75) is 12.0 Å². The Morgan fingerprint density at radius 1 is 1.15 bits per heavy atom. The summed E-state index contributed by atoms with van der Waals surface area (Å²) < 4.78 is 5.05. The van der Waals surface area contributed by atoms with Gasteiger partial charge in [0.25, 0.3) is 5.91 Å². The number of primary amides is 1. The number of rotatable bonds is 6. The average Bonchev–Trinajstić information content (AvgIpc) is 2.84. The van der Waals surface area contributed by atoms with Crippen molar-refractivity contribution in [1.29, 1.82) is 0 Å². The molecule has 1 aliphatic rings. The second kappa shape index (κ2) is 6.61. The van der Waals surface area contributed by atoms with Crippen molar-refractivity contribution >= 4 is 23.3 Å². The Bertz CT molecular complexity index is 878. The van der Waals surface area contributed by atoms with Crippen LogP contribution in [0.4, 0.5) is 5.69 Å². The highest BCUT2D eigenvalue weighted by atomic mass is 16.5. The number of aliphatic hydroxyl groups is 1.